The average molecular weight is 332 g/mol. The van der Waals surface area contributed by atoms with Gasteiger partial charge in [-0.3, -0.25) is 4.57 Å². The summed E-state index contributed by atoms with van der Waals surface area (Å²) in [6.07, 6.45) is 11.0. The summed E-state index contributed by atoms with van der Waals surface area (Å²) >= 11 is 0. The van der Waals surface area contributed by atoms with Crippen molar-refractivity contribution in [2.75, 3.05) is 10.1 Å². The lowest BCUT2D eigenvalue weighted by Gasteiger charge is -2.36. The van der Waals surface area contributed by atoms with Crippen LogP contribution in [0.4, 0.5) is 5.82 Å². The molecule has 0 spiro atoms. The van der Waals surface area contributed by atoms with E-state index in [0.29, 0.717) is 0 Å². The van der Waals surface area contributed by atoms with Crippen LogP contribution in [0.5, 0.6) is 0 Å². The summed E-state index contributed by atoms with van der Waals surface area (Å²) in [6.45, 7) is 0. The van der Waals surface area contributed by atoms with Gasteiger partial charge >= 0.3 is 0 Å². The molecule has 1 unspecified atom stereocenters. The number of imidazole rings is 1. The van der Waals surface area contributed by atoms with Crippen molar-refractivity contribution < 1.29 is 0 Å². The van der Waals surface area contributed by atoms with Gasteiger partial charge in [-0.2, -0.15) is 5.12 Å². The summed E-state index contributed by atoms with van der Waals surface area (Å²) in [5, 5.41) is 12.6. The molecule has 0 bridgehead atoms. The predicted molar refractivity (Wildman–Crippen MR) is 91.9 cm³/mol. The molecule has 8 nitrogen and oxygen atoms in total. The lowest BCUT2D eigenvalue weighted by Crippen LogP contribution is -2.49. The van der Waals surface area contributed by atoms with Crippen molar-refractivity contribution in [3.8, 4) is 5.69 Å². The van der Waals surface area contributed by atoms with E-state index >= 15 is 0 Å². The van der Waals surface area contributed by atoms with Gasteiger partial charge in [-0.1, -0.05) is 18.2 Å². The van der Waals surface area contributed by atoms with Crippen LogP contribution in [-0.2, 0) is 6.42 Å². The molecule has 3 aliphatic rings. The number of benzene rings is 1. The molecule has 1 saturated carbocycles. The van der Waals surface area contributed by atoms with E-state index in [1.54, 1.807) is 11.1 Å². The second kappa shape index (κ2) is 4.69. The standard InChI is InChI=1S/C17H16N8/c1-2-4-15-14(3-1)17-19-11-24(25(17)16-8-18-10-22(15)16)23-9-13(20-21-23)7-12-5-6-12/h1-4,8-12,17H,5-7H2. The first kappa shape index (κ1) is 13.2. The van der Waals surface area contributed by atoms with E-state index in [4.69, 9.17) is 4.99 Å². The predicted octanol–water partition coefficient (Wildman–Crippen LogP) is 1.83. The normalized spacial score (nSPS) is 20.6. The van der Waals surface area contributed by atoms with Gasteiger partial charge in [-0.25, -0.2) is 15.0 Å². The summed E-state index contributed by atoms with van der Waals surface area (Å²) in [5.74, 6) is 1.74. The molecule has 6 rings (SSSR count). The SMILES string of the molecule is C1=NC2c3ccccc3-n3cncc3N2N1n1cc(CC2CC2)nn1. The van der Waals surface area contributed by atoms with Gasteiger partial charge in [0.25, 0.3) is 0 Å². The number of fused-ring (bicyclic) bond motifs is 6. The van der Waals surface area contributed by atoms with Crippen LogP contribution < -0.4 is 10.1 Å². The van der Waals surface area contributed by atoms with E-state index in [-0.39, 0.29) is 6.17 Å². The van der Waals surface area contributed by atoms with Gasteiger partial charge in [0.15, 0.2) is 12.0 Å². The van der Waals surface area contributed by atoms with E-state index < -0.39 is 0 Å². The zero-order valence-corrected chi connectivity index (χ0v) is 13.5. The number of para-hydroxylation sites is 1. The highest BCUT2D eigenvalue weighted by Gasteiger charge is 2.39. The first-order valence-corrected chi connectivity index (χ1v) is 8.53. The fourth-order valence-electron chi connectivity index (χ4n) is 3.62. The van der Waals surface area contributed by atoms with Gasteiger partial charge in [0, 0.05) is 5.56 Å². The number of hydrogen-bond donors (Lipinski definition) is 0. The van der Waals surface area contributed by atoms with Crippen LogP contribution in [0.2, 0.25) is 0 Å². The van der Waals surface area contributed by atoms with Gasteiger partial charge in [-0.15, -0.1) is 9.89 Å². The molecule has 2 aliphatic heterocycles. The van der Waals surface area contributed by atoms with Gasteiger partial charge in [0.2, 0.25) is 0 Å². The summed E-state index contributed by atoms with van der Waals surface area (Å²) in [6, 6.07) is 8.28. The Morgan fingerprint density at radius 2 is 2.08 bits per heavy atom. The molecule has 1 aliphatic carbocycles. The van der Waals surface area contributed by atoms with Crippen molar-refractivity contribution in [3.63, 3.8) is 0 Å². The molecular formula is C17H16N8. The minimum Gasteiger partial charge on any atom is -0.284 e. The highest BCUT2D eigenvalue weighted by molar-refractivity contribution is 5.78. The molecule has 0 amide bonds. The number of hydrazine groups is 1. The first-order chi connectivity index (χ1) is 12.4. The van der Waals surface area contributed by atoms with Gasteiger partial charge in [-0.05, 0) is 36.5 Å². The number of nitrogens with zero attached hydrogens (tertiary/aromatic N) is 8. The smallest absolute Gasteiger partial charge is 0.173 e. The molecule has 8 heteroatoms. The molecule has 124 valence electrons. The summed E-state index contributed by atoms with van der Waals surface area (Å²) < 4.78 is 2.08. The monoisotopic (exact) mass is 332 g/mol. The first-order valence-electron chi connectivity index (χ1n) is 8.53. The molecule has 0 radical (unpaired) electrons. The number of anilines is 1. The molecule has 3 aromatic rings. The van der Waals surface area contributed by atoms with Crippen LogP contribution in [0.15, 0.2) is 48.0 Å². The molecule has 0 N–H and O–H groups in total. The van der Waals surface area contributed by atoms with Crippen LogP contribution in [0.25, 0.3) is 5.69 Å². The van der Waals surface area contributed by atoms with Crippen LogP contribution >= 0.6 is 0 Å². The fourth-order valence-corrected chi connectivity index (χ4v) is 3.62. The van der Waals surface area contributed by atoms with Crippen LogP contribution in [-0.4, -0.2) is 31.0 Å². The Labute approximate surface area is 144 Å². The van der Waals surface area contributed by atoms with E-state index in [1.165, 1.54) is 12.8 Å². The molecule has 1 aromatic carbocycles. The molecule has 25 heavy (non-hydrogen) atoms. The Kier molecular flexibility index (Phi) is 2.47. The number of aliphatic imine (C=N–C) groups is 1. The minimum absolute atomic E-state index is 0.114. The van der Waals surface area contributed by atoms with Gasteiger partial charge in [0.05, 0.1) is 23.8 Å². The maximum absolute atomic E-state index is 4.71. The number of aromatic nitrogens is 5. The van der Waals surface area contributed by atoms with E-state index in [2.05, 4.69) is 37.0 Å². The Hall–Kier alpha value is -3.16. The van der Waals surface area contributed by atoms with Crippen molar-refractivity contribution in [2.45, 2.75) is 25.4 Å². The molecule has 2 aromatic heterocycles. The quantitative estimate of drug-likeness (QED) is 0.732. The summed E-state index contributed by atoms with van der Waals surface area (Å²) in [4.78, 5) is 10.8. The minimum atomic E-state index is -0.114. The lowest BCUT2D eigenvalue weighted by atomic mass is 10.1. The van der Waals surface area contributed by atoms with Gasteiger partial charge in [0.1, 0.15) is 12.7 Å². The Balaban J connectivity index is 1.42. The van der Waals surface area contributed by atoms with Crippen molar-refractivity contribution in [1.29, 1.82) is 0 Å². The molecule has 0 saturated heterocycles. The van der Waals surface area contributed by atoms with Crippen LogP contribution in [0.1, 0.15) is 30.3 Å². The van der Waals surface area contributed by atoms with Crippen molar-refractivity contribution in [2.24, 2.45) is 10.9 Å². The lowest BCUT2D eigenvalue weighted by molar-refractivity contribution is 0.541. The topological polar surface area (TPSA) is 67.4 Å². The Morgan fingerprint density at radius 3 is 3.00 bits per heavy atom. The van der Waals surface area contributed by atoms with Gasteiger partial charge < -0.3 is 0 Å². The second-order valence-electron chi connectivity index (χ2n) is 6.76. The Bertz CT molecular complexity index is 982. The van der Waals surface area contributed by atoms with E-state index in [1.807, 2.05) is 36.0 Å². The third-order valence-corrected chi connectivity index (χ3v) is 5.03. The molecule has 1 fully saturated rings. The largest absolute Gasteiger partial charge is 0.284 e. The third kappa shape index (κ3) is 1.87. The number of rotatable bonds is 3. The molecular weight excluding hydrogens is 316 g/mol. The zero-order chi connectivity index (χ0) is 16.4. The van der Waals surface area contributed by atoms with Crippen molar-refractivity contribution in [1.82, 2.24) is 24.7 Å². The zero-order valence-electron chi connectivity index (χ0n) is 13.5. The maximum Gasteiger partial charge on any atom is 0.173 e. The summed E-state index contributed by atoms with van der Waals surface area (Å²) in [5.41, 5.74) is 3.29. The highest BCUT2D eigenvalue weighted by atomic mass is 15.9. The maximum atomic E-state index is 4.71. The summed E-state index contributed by atoms with van der Waals surface area (Å²) in [7, 11) is 0. The molecule has 4 heterocycles. The average Bonchev–Trinajstić information content (AvgIpc) is 3.06. The van der Waals surface area contributed by atoms with Crippen LogP contribution in [0.3, 0.4) is 0 Å². The van der Waals surface area contributed by atoms with Crippen LogP contribution in [0, 0.1) is 5.92 Å². The van der Waals surface area contributed by atoms with E-state index in [9.17, 15) is 0 Å². The molecule has 1 atom stereocenters. The van der Waals surface area contributed by atoms with Crippen molar-refractivity contribution in [3.05, 3.63) is 54.2 Å². The third-order valence-electron chi connectivity index (χ3n) is 5.03. The van der Waals surface area contributed by atoms with E-state index in [0.717, 1.165) is 35.1 Å². The number of hydrogen-bond acceptors (Lipinski definition) is 6. The van der Waals surface area contributed by atoms with Crippen molar-refractivity contribution >= 4 is 12.2 Å². The second-order valence-corrected chi connectivity index (χ2v) is 6.76. The fraction of sp³-hybridized carbons (Fsp3) is 0.294. The Morgan fingerprint density at radius 1 is 1.16 bits per heavy atom. The highest BCUT2D eigenvalue weighted by Crippen LogP contribution is 2.40.